The fourth-order valence-corrected chi connectivity index (χ4v) is 3.07. The summed E-state index contributed by atoms with van der Waals surface area (Å²) in [7, 11) is 0. The number of anilines is 1. The average molecular weight is 364 g/mol. The Balaban J connectivity index is 1.50. The van der Waals surface area contributed by atoms with Gasteiger partial charge >= 0.3 is 6.61 Å². The Morgan fingerprint density at radius 1 is 0.923 bits per heavy atom. The van der Waals surface area contributed by atoms with Crippen molar-refractivity contribution in [3.8, 4) is 11.5 Å². The van der Waals surface area contributed by atoms with Gasteiger partial charge in [-0.05, 0) is 42.0 Å². The maximum atomic E-state index is 12.2. The SMILES string of the molecule is Oc1ccc(N2CCN(C[C@H](O)c3ccc(OC(F)F)cc3)CC2)cc1. The first-order chi connectivity index (χ1) is 12.5. The first-order valence-corrected chi connectivity index (χ1v) is 8.50. The maximum Gasteiger partial charge on any atom is 0.387 e. The Hall–Kier alpha value is -2.38. The van der Waals surface area contributed by atoms with Crippen LogP contribution in [0, 0.1) is 0 Å². The Morgan fingerprint density at radius 2 is 1.54 bits per heavy atom. The summed E-state index contributed by atoms with van der Waals surface area (Å²) in [6.45, 7) is 0.917. The topological polar surface area (TPSA) is 56.2 Å². The minimum atomic E-state index is -2.85. The highest BCUT2D eigenvalue weighted by molar-refractivity contribution is 5.49. The van der Waals surface area contributed by atoms with E-state index in [-0.39, 0.29) is 11.5 Å². The number of halogens is 2. The molecule has 1 atom stereocenters. The molecule has 0 aromatic heterocycles. The van der Waals surface area contributed by atoms with E-state index in [0.29, 0.717) is 12.1 Å². The zero-order valence-corrected chi connectivity index (χ0v) is 14.3. The molecule has 0 aliphatic carbocycles. The monoisotopic (exact) mass is 364 g/mol. The Kier molecular flexibility index (Phi) is 5.90. The predicted molar refractivity (Wildman–Crippen MR) is 94.8 cm³/mol. The van der Waals surface area contributed by atoms with Crippen LogP contribution in [0.1, 0.15) is 11.7 Å². The van der Waals surface area contributed by atoms with Crippen molar-refractivity contribution in [3.05, 3.63) is 54.1 Å². The first-order valence-electron chi connectivity index (χ1n) is 8.50. The van der Waals surface area contributed by atoms with Crippen molar-refractivity contribution in [2.45, 2.75) is 12.7 Å². The van der Waals surface area contributed by atoms with Gasteiger partial charge in [-0.15, -0.1) is 0 Å². The summed E-state index contributed by atoms with van der Waals surface area (Å²) < 4.78 is 28.6. The molecular weight excluding hydrogens is 342 g/mol. The van der Waals surface area contributed by atoms with Crippen LogP contribution in [0.25, 0.3) is 0 Å². The zero-order valence-electron chi connectivity index (χ0n) is 14.3. The molecule has 7 heteroatoms. The number of ether oxygens (including phenoxy) is 1. The molecule has 5 nitrogen and oxygen atoms in total. The quantitative estimate of drug-likeness (QED) is 0.826. The van der Waals surface area contributed by atoms with E-state index in [0.717, 1.165) is 31.9 Å². The number of hydrogen-bond donors (Lipinski definition) is 2. The molecule has 1 fully saturated rings. The van der Waals surface area contributed by atoms with Crippen molar-refractivity contribution in [2.24, 2.45) is 0 Å². The van der Waals surface area contributed by atoms with E-state index in [9.17, 15) is 19.0 Å². The van der Waals surface area contributed by atoms with E-state index >= 15 is 0 Å². The van der Waals surface area contributed by atoms with Crippen LogP contribution in [-0.2, 0) is 0 Å². The second-order valence-corrected chi connectivity index (χ2v) is 6.27. The van der Waals surface area contributed by atoms with Crippen molar-refractivity contribution in [3.63, 3.8) is 0 Å². The van der Waals surface area contributed by atoms with E-state index in [4.69, 9.17) is 0 Å². The molecule has 1 heterocycles. The molecule has 0 bridgehead atoms. The molecule has 0 radical (unpaired) electrons. The first kappa shape index (κ1) is 18.4. The van der Waals surface area contributed by atoms with Crippen molar-refractivity contribution >= 4 is 5.69 Å². The van der Waals surface area contributed by atoms with Crippen LogP contribution in [0.4, 0.5) is 14.5 Å². The van der Waals surface area contributed by atoms with Gasteiger partial charge in [0.05, 0.1) is 6.10 Å². The van der Waals surface area contributed by atoms with Gasteiger partial charge in [0, 0.05) is 38.4 Å². The number of aromatic hydroxyl groups is 1. The summed E-state index contributed by atoms with van der Waals surface area (Å²) in [6.07, 6.45) is -0.684. The van der Waals surface area contributed by atoms with Crippen molar-refractivity contribution < 1.29 is 23.7 Å². The van der Waals surface area contributed by atoms with E-state index < -0.39 is 12.7 Å². The van der Waals surface area contributed by atoms with Crippen LogP contribution in [0.5, 0.6) is 11.5 Å². The second kappa shape index (κ2) is 8.33. The van der Waals surface area contributed by atoms with Gasteiger partial charge in [0.25, 0.3) is 0 Å². The molecular formula is C19H22F2N2O3. The number of piperazine rings is 1. The van der Waals surface area contributed by atoms with Gasteiger partial charge in [0.2, 0.25) is 0 Å². The number of alkyl halides is 2. The van der Waals surface area contributed by atoms with Crippen molar-refractivity contribution in [1.82, 2.24) is 4.90 Å². The maximum absolute atomic E-state index is 12.2. The number of hydrogen-bond acceptors (Lipinski definition) is 5. The molecule has 0 amide bonds. The molecule has 26 heavy (non-hydrogen) atoms. The lowest BCUT2D eigenvalue weighted by atomic mass is 10.1. The Morgan fingerprint density at radius 3 is 2.12 bits per heavy atom. The molecule has 2 N–H and O–H groups in total. The van der Waals surface area contributed by atoms with Crippen molar-refractivity contribution in [1.29, 1.82) is 0 Å². The third-order valence-electron chi connectivity index (χ3n) is 4.51. The van der Waals surface area contributed by atoms with Gasteiger partial charge < -0.3 is 19.8 Å². The lowest BCUT2D eigenvalue weighted by Gasteiger charge is -2.37. The molecule has 3 rings (SSSR count). The summed E-state index contributed by atoms with van der Waals surface area (Å²) >= 11 is 0. The van der Waals surface area contributed by atoms with E-state index in [1.54, 1.807) is 24.3 Å². The largest absolute Gasteiger partial charge is 0.508 e. The molecule has 1 saturated heterocycles. The molecule has 2 aromatic carbocycles. The third kappa shape index (κ3) is 4.83. The molecule has 1 aliphatic heterocycles. The Bertz CT molecular complexity index is 687. The van der Waals surface area contributed by atoms with Crippen LogP contribution in [-0.4, -0.2) is 54.4 Å². The highest BCUT2D eigenvalue weighted by Gasteiger charge is 2.20. The van der Waals surface area contributed by atoms with E-state index in [2.05, 4.69) is 14.5 Å². The van der Waals surface area contributed by atoms with Crippen molar-refractivity contribution in [2.75, 3.05) is 37.6 Å². The Labute approximate surface area is 151 Å². The number of rotatable bonds is 6. The van der Waals surface area contributed by atoms with E-state index in [1.807, 2.05) is 12.1 Å². The van der Waals surface area contributed by atoms with Crippen LogP contribution in [0.15, 0.2) is 48.5 Å². The number of phenols is 1. The summed E-state index contributed by atoms with van der Waals surface area (Å²) in [4.78, 5) is 4.41. The summed E-state index contributed by atoms with van der Waals surface area (Å²) in [5.41, 5.74) is 1.74. The van der Waals surface area contributed by atoms with Gasteiger partial charge in [0.15, 0.2) is 0 Å². The smallest absolute Gasteiger partial charge is 0.387 e. The normalized spacial score (nSPS) is 16.7. The molecule has 0 spiro atoms. The zero-order chi connectivity index (χ0) is 18.5. The van der Waals surface area contributed by atoms with Crippen LogP contribution < -0.4 is 9.64 Å². The highest BCUT2D eigenvalue weighted by atomic mass is 19.3. The van der Waals surface area contributed by atoms with Gasteiger partial charge in [-0.25, -0.2) is 0 Å². The molecule has 1 aliphatic rings. The number of nitrogens with zero attached hydrogens (tertiary/aromatic N) is 2. The predicted octanol–water partition coefficient (Wildman–Crippen LogP) is 2.85. The number of aliphatic hydroxyl groups excluding tert-OH is 1. The number of phenolic OH excluding ortho intramolecular Hbond substituents is 1. The van der Waals surface area contributed by atoms with Gasteiger partial charge in [-0.1, -0.05) is 12.1 Å². The fourth-order valence-electron chi connectivity index (χ4n) is 3.07. The summed E-state index contributed by atoms with van der Waals surface area (Å²) in [6, 6.07) is 13.2. The number of benzene rings is 2. The highest BCUT2D eigenvalue weighted by Crippen LogP contribution is 2.22. The van der Waals surface area contributed by atoms with Crippen LogP contribution in [0.3, 0.4) is 0 Å². The van der Waals surface area contributed by atoms with E-state index in [1.165, 1.54) is 12.1 Å². The summed E-state index contributed by atoms with van der Waals surface area (Å²) in [5.74, 6) is 0.332. The molecule has 2 aromatic rings. The minimum Gasteiger partial charge on any atom is -0.508 e. The lowest BCUT2D eigenvalue weighted by Crippen LogP contribution is -2.47. The minimum absolute atomic E-state index is 0.0819. The van der Waals surface area contributed by atoms with Gasteiger partial charge in [-0.3, -0.25) is 4.90 Å². The molecule has 0 unspecified atom stereocenters. The number of aliphatic hydroxyl groups is 1. The van der Waals surface area contributed by atoms with Crippen LogP contribution >= 0.6 is 0 Å². The lowest BCUT2D eigenvalue weighted by molar-refractivity contribution is -0.0498. The van der Waals surface area contributed by atoms with Gasteiger partial charge in [-0.2, -0.15) is 8.78 Å². The average Bonchev–Trinajstić information content (AvgIpc) is 2.63. The third-order valence-corrected chi connectivity index (χ3v) is 4.51. The fraction of sp³-hybridized carbons (Fsp3) is 0.368. The second-order valence-electron chi connectivity index (χ2n) is 6.27. The standard InChI is InChI=1S/C19H22F2N2O3/c20-19(21)26-17-7-1-14(2-8-17)18(25)13-22-9-11-23(12-10-22)15-3-5-16(24)6-4-15/h1-8,18-19,24-25H,9-13H2/t18-/m0/s1. The molecule has 140 valence electrons. The number of β-amino-alcohol motifs (C(OH)–C–C–N with tert-alkyl or cyclic N) is 1. The molecule has 0 saturated carbocycles. The van der Waals surface area contributed by atoms with Gasteiger partial charge in [0.1, 0.15) is 11.5 Å². The van der Waals surface area contributed by atoms with Crippen LogP contribution in [0.2, 0.25) is 0 Å². The summed E-state index contributed by atoms with van der Waals surface area (Å²) in [5, 5.41) is 19.8.